The van der Waals surface area contributed by atoms with Gasteiger partial charge < -0.3 is 59.0 Å². The van der Waals surface area contributed by atoms with Gasteiger partial charge in [-0.15, -0.1) is 0 Å². The molecule has 1 amide bonds. The van der Waals surface area contributed by atoms with Crippen LogP contribution in [0.25, 0.3) is 0 Å². The van der Waals surface area contributed by atoms with Crippen molar-refractivity contribution in [2.75, 3.05) is 6.61 Å². The molecule has 6 unspecified atom stereocenters. The Kier molecular flexibility index (Phi) is 11.1. The molecule has 65 heavy (non-hydrogen) atoms. The summed E-state index contributed by atoms with van der Waals surface area (Å²) in [4.78, 5) is 54.2. The Labute approximate surface area is 379 Å². The lowest BCUT2D eigenvalue weighted by molar-refractivity contribution is -0.371. The van der Waals surface area contributed by atoms with Gasteiger partial charge >= 0.3 is 18.0 Å². The number of aliphatic hydroxyl groups excluding tert-OH is 3. The predicted molar refractivity (Wildman–Crippen MR) is 230 cm³/mol. The van der Waals surface area contributed by atoms with Crippen molar-refractivity contribution in [3.8, 4) is 0 Å². The standard InChI is InChI=1S/C50H63NO14/c1-25-31(62-43(57)38(55)37(27-15-11-9-12-16-27)51-44(58)65-45(3,4)5)22-49(59)41(63-42(56)28-17-13-10-14-18-28)39-47(8,33(54)21-34-48(39,24-60-34)64-26(2)53)50-30-20-19-29(36(30)50)32(23-52)61-40(50)35(25)46(49,6)7/h9-18,23,29-34,36-41,43,54-55,57,59H,19-22,24H2,1-8H3,(H,51,58)/t29?,30?,31-,32?,33-,34?,36?,37-,38+,39-,40+,41-,43?,47+,48-,49+,50-/m0/s1. The summed E-state index contributed by atoms with van der Waals surface area (Å²) < 4.78 is 38.5. The van der Waals surface area contributed by atoms with Crippen molar-refractivity contribution < 1.29 is 68.0 Å². The van der Waals surface area contributed by atoms with Crippen LogP contribution in [0.4, 0.5) is 4.79 Å². The fraction of sp³-hybridized carbons (Fsp3) is 0.640. The summed E-state index contributed by atoms with van der Waals surface area (Å²) in [6.45, 7) is 13.7. The van der Waals surface area contributed by atoms with Crippen LogP contribution >= 0.6 is 0 Å². The number of esters is 2. The van der Waals surface area contributed by atoms with Crippen molar-refractivity contribution in [3.05, 3.63) is 82.9 Å². The summed E-state index contributed by atoms with van der Waals surface area (Å²) >= 11 is 0. The number of rotatable bonds is 10. The quantitative estimate of drug-likeness (QED) is 0.0717. The zero-order valence-corrected chi connectivity index (χ0v) is 38.3. The molecule has 5 N–H and O–H groups in total. The number of hydrogen-bond donors (Lipinski definition) is 5. The number of benzene rings is 2. The molecule has 17 atom stereocenters. The van der Waals surface area contributed by atoms with E-state index in [0.717, 1.165) is 19.1 Å². The van der Waals surface area contributed by atoms with Crippen molar-refractivity contribution in [2.45, 2.75) is 153 Å². The average molecular weight is 902 g/mol. The molecule has 15 heteroatoms. The second-order valence-corrected chi connectivity index (χ2v) is 21.4. The van der Waals surface area contributed by atoms with Crippen LogP contribution in [0.15, 0.2) is 71.8 Å². The molecule has 2 aliphatic heterocycles. The third kappa shape index (κ3) is 6.61. The lowest BCUT2D eigenvalue weighted by atomic mass is 9.40. The molecule has 2 aromatic rings. The fourth-order valence-electron chi connectivity index (χ4n) is 14.2. The highest BCUT2D eigenvalue weighted by molar-refractivity contribution is 5.89. The van der Waals surface area contributed by atoms with Crippen LogP contribution in [-0.4, -0.2) is 117 Å². The maximum absolute atomic E-state index is 14.6. The number of fused-ring (bicyclic) bond motifs is 6. The van der Waals surface area contributed by atoms with Crippen LogP contribution in [0.5, 0.6) is 0 Å². The van der Waals surface area contributed by atoms with Gasteiger partial charge in [0.1, 0.15) is 41.9 Å². The number of alkyl carbamates (subject to hydrolysis) is 1. The number of hydrogen-bond acceptors (Lipinski definition) is 14. The van der Waals surface area contributed by atoms with E-state index in [0.29, 0.717) is 16.7 Å². The Morgan fingerprint density at radius 1 is 0.985 bits per heavy atom. The first kappa shape index (κ1) is 45.9. The Bertz CT molecular complexity index is 2240. The van der Waals surface area contributed by atoms with E-state index in [2.05, 4.69) is 5.32 Å². The van der Waals surface area contributed by atoms with Gasteiger partial charge in [0.2, 0.25) is 0 Å². The third-order valence-corrected chi connectivity index (χ3v) is 16.9. The number of carbonyl (C=O) groups is 4. The predicted octanol–water partition coefficient (Wildman–Crippen LogP) is 4.73. The highest BCUT2D eigenvalue weighted by atomic mass is 16.6. The number of carbonyl (C=O) groups excluding carboxylic acids is 4. The zero-order valence-electron chi connectivity index (χ0n) is 38.3. The molecule has 1 spiro atoms. The van der Waals surface area contributed by atoms with E-state index in [-0.39, 0.29) is 42.8 Å². The highest BCUT2D eigenvalue weighted by Crippen LogP contribution is 2.86. The molecule has 4 saturated carbocycles. The van der Waals surface area contributed by atoms with Gasteiger partial charge in [-0.3, -0.25) is 4.79 Å². The normalized spacial score (nSPS) is 40.9. The topological polar surface area (TPSA) is 217 Å². The molecule has 9 rings (SSSR count). The zero-order chi connectivity index (χ0) is 46.8. The summed E-state index contributed by atoms with van der Waals surface area (Å²) in [6.07, 6.45) is -9.02. The van der Waals surface area contributed by atoms with Crippen LogP contribution in [0, 0.1) is 39.9 Å². The maximum Gasteiger partial charge on any atom is 0.408 e. The monoisotopic (exact) mass is 901 g/mol. The molecule has 0 aromatic heterocycles. The van der Waals surface area contributed by atoms with Crippen molar-refractivity contribution in [3.63, 3.8) is 0 Å². The minimum Gasteiger partial charge on any atom is -0.455 e. The number of nitrogens with one attached hydrogen (secondary N) is 1. The van der Waals surface area contributed by atoms with E-state index in [9.17, 15) is 39.6 Å². The van der Waals surface area contributed by atoms with Gasteiger partial charge in [-0.05, 0) is 87.1 Å². The molecular formula is C50H63NO14. The van der Waals surface area contributed by atoms with Gasteiger partial charge in [0.15, 0.2) is 11.9 Å². The maximum atomic E-state index is 14.6. The summed E-state index contributed by atoms with van der Waals surface area (Å²) in [5.41, 5.74) is -6.34. The Hall–Kier alpha value is -4.22. The summed E-state index contributed by atoms with van der Waals surface area (Å²) in [6, 6.07) is 15.7. The number of ether oxygens (including phenoxy) is 6. The smallest absolute Gasteiger partial charge is 0.408 e. The van der Waals surface area contributed by atoms with Crippen LogP contribution in [0.3, 0.4) is 0 Å². The molecule has 0 radical (unpaired) electrons. The molecular weight excluding hydrogens is 839 g/mol. The molecule has 352 valence electrons. The third-order valence-electron chi connectivity index (χ3n) is 16.9. The van der Waals surface area contributed by atoms with Crippen LogP contribution < -0.4 is 5.32 Å². The van der Waals surface area contributed by atoms with E-state index >= 15 is 0 Å². The van der Waals surface area contributed by atoms with Gasteiger partial charge in [-0.2, -0.15) is 0 Å². The van der Waals surface area contributed by atoms with Gasteiger partial charge in [0.05, 0.1) is 42.4 Å². The molecule has 2 aromatic carbocycles. The largest absolute Gasteiger partial charge is 0.455 e. The van der Waals surface area contributed by atoms with E-state index in [1.165, 1.54) is 6.92 Å². The summed E-state index contributed by atoms with van der Waals surface area (Å²) in [5.74, 6) is -2.90. The molecule has 15 nitrogen and oxygen atoms in total. The average Bonchev–Trinajstić information content (AvgIpc) is 3.72. The fourth-order valence-corrected chi connectivity index (χ4v) is 14.2. The lowest BCUT2D eigenvalue weighted by Gasteiger charge is -2.71. The molecule has 5 aliphatic carbocycles. The molecule has 7 aliphatic rings. The summed E-state index contributed by atoms with van der Waals surface area (Å²) in [5, 5.41) is 53.7. The second-order valence-electron chi connectivity index (χ2n) is 21.4. The number of aldehydes is 1. The van der Waals surface area contributed by atoms with Crippen molar-refractivity contribution >= 4 is 24.3 Å². The first-order valence-electron chi connectivity index (χ1n) is 22.9. The molecule has 2 saturated heterocycles. The van der Waals surface area contributed by atoms with E-state index in [4.69, 9.17) is 28.4 Å². The minimum atomic E-state index is -2.16. The lowest BCUT2D eigenvalue weighted by Crippen LogP contribution is -2.82. The minimum absolute atomic E-state index is 0.0800. The van der Waals surface area contributed by atoms with Crippen LogP contribution in [0.2, 0.25) is 0 Å². The van der Waals surface area contributed by atoms with Crippen LogP contribution in [0.1, 0.15) is 103 Å². The van der Waals surface area contributed by atoms with Gasteiger partial charge in [0, 0.05) is 36.0 Å². The second kappa shape index (κ2) is 15.7. The van der Waals surface area contributed by atoms with Crippen molar-refractivity contribution in [1.29, 1.82) is 0 Å². The Balaban J connectivity index is 1.23. The molecule has 2 heterocycles. The van der Waals surface area contributed by atoms with E-state index < -0.39 is 112 Å². The number of aliphatic hydroxyl groups is 4. The Morgan fingerprint density at radius 2 is 1.65 bits per heavy atom. The van der Waals surface area contributed by atoms with Gasteiger partial charge in [-0.25, -0.2) is 9.59 Å². The van der Waals surface area contributed by atoms with E-state index in [1.807, 2.05) is 27.7 Å². The molecule has 6 fully saturated rings. The van der Waals surface area contributed by atoms with Crippen molar-refractivity contribution in [2.24, 2.45) is 39.9 Å². The SMILES string of the molecule is CC(=O)O[C@@]12COC1C[C@H](O)[C@]1(C)[C@@H]2[C@H](OC(=O)c2ccccc2)[C@]2(O)C[C@H](OC(O)[C@H](O)[C@@H](NC(=O)OC(C)(C)C)c3ccccc3)C(C)=C([C@H]3OC(C=O)C4CCC5C4[C@@]531)C2(C)C. The highest BCUT2D eigenvalue weighted by Gasteiger charge is 2.90. The van der Waals surface area contributed by atoms with Gasteiger partial charge in [0.25, 0.3) is 0 Å². The van der Waals surface area contributed by atoms with E-state index in [1.54, 1.807) is 81.4 Å². The Morgan fingerprint density at radius 3 is 2.25 bits per heavy atom. The first-order chi connectivity index (χ1) is 30.6. The first-order valence-corrected chi connectivity index (χ1v) is 22.9. The molecule has 2 bridgehead atoms. The van der Waals surface area contributed by atoms with Crippen molar-refractivity contribution in [1.82, 2.24) is 5.32 Å². The summed E-state index contributed by atoms with van der Waals surface area (Å²) in [7, 11) is 0. The number of amides is 1. The van der Waals surface area contributed by atoms with Crippen LogP contribution in [-0.2, 0) is 38.0 Å². The van der Waals surface area contributed by atoms with Gasteiger partial charge in [-0.1, -0.05) is 69.3 Å².